The number of nitrogens with zero attached hydrogens (tertiary/aromatic N) is 4. The van der Waals surface area contributed by atoms with Gasteiger partial charge < -0.3 is 19.3 Å². The van der Waals surface area contributed by atoms with Gasteiger partial charge in [0, 0.05) is 18.8 Å². The number of aryl methyl sites for hydroxylation is 2. The molecule has 0 unspecified atom stereocenters. The first-order valence-corrected chi connectivity index (χ1v) is 9.55. The molecule has 0 bridgehead atoms. The van der Waals surface area contributed by atoms with Gasteiger partial charge in [0.2, 0.25) is 0 Å². The molecule has 0 amide bonds. The van der Waals surface area contributed by atoms with Crippen LogP contribution in [0.2, 0.25) is 0 Å². The van der Waals surface area contributed by atoms with E-state index in [-0.39, 0.29) is 13.2 Å². The van der Waals surface area contributed by atoms with Crippen molar-refractivity contribution >= 4 is 0 Å². The van der Waals surface area contributed by atoms with Crippen molar-refractivity contribution in [2.45, 2.75) is 33.4 Å². The third-order valence-electron chi connectivity index (χ3n) is 4.21. The van der Waals surface area contributed by atoms with Crippen molar-refractivity contribution in [3.05, 3.63) is 48.0 Å². The number of benzene rings is 1. The molecule has 8 heteroatoms. The van der Waals surface area contributed by atoms with Gasteiger partial charge in [0.15, 0.2) is 11.6 Å². The van der Waals surface area contributed by atoms with Gasteiger partial charge in [0.1, 0.15) is 23.9 Å². The minimum atomic E-state index is 0.0732. The standard InChI is InChI=1S/C21H26N4O4/c1-4-28-16-6-8-17(9-7-16)29-14-20-23-21(25(24-20)10-5-11-26)18-12-15(2)22-13-19(18)27-3/h6-9,12-13,26H,4-5,10-11,14H2,1-3H3. The van der Waals surface area contributed by atoms with Crippen molar-refractivity contribution in [3.8, 4) is 28.6 Å². The summed E-state index contributed by atoms with van der Waals surface area (Å²) >= 11 is 0. The van der Waals surface area contributed by atoms with Crippen LogP contribution in [0.15, 0.2) is 36.5 Å². The SMILES string of the molecule is CCOc1ccc(OCc2nc(-c3cc(C)ncc3OC)n(CCCO)n2)cc1. The fourth-order valence-electron chi connectivity index (χ4n) is 2.86. The number of hydrogen-bond donors (Lipinski definition) is 1. The summed E-state index contributed by atoms with van der Waals surface area (Å²) in [5.41, 5.74) is 1.66. The third kappa shape index (κ3) is 5.23. The minimum absolute atomic E-state index is 0.0732. The predicted octanol–water partition coefficient (Wildman–Crippen LogP) is 3.02. The molecule has 2 heterocycles. The van der Waals surface area contributed by atoms with E-state index in [1.807, 2.05) is 44.2 Å². The number of aromatic nitrogens is 4. The molecule has 0 saturated carbocycles. The van der Waals surface area contributed by atoms with Crippen molar-refractivity contribution in [1.82, 2.24) is 19.7 Å². The van der Waals surface area contributed by atoms with E-state index < -0.39 is 0 Å². The van der Waals surface area contributed by atoms with Crippen LogP contribution in [0.5, 0.6) is 17.2 Å². The molecule has 3 rings (SSSR count). The first kappa shape index (κ1) is 20.6. The predicted molar refractivity (Wildman–Crippen MR) is 108 cm³/mol. The van der Waals surface area contributed by atoms with Crippen molar-refractivity contribution < 1.29 is 19.3 Å². The monoisotopic (exact) mass is 398 g/mol. The minimum Gasteiger partial charge on any atom is -0.494 e. The highest BCUT2D eigenvalue weighted by Gasteiger charge is 2.17. The Kier molecular flexibility index (Phi) is 7.02. The summed E-state index contributed by atoms with van der Waals surface area (Å²) in [6.45, 7) is 5.30. The Hall–Kier alpha value is -3.13. The average Bonchev–Trinajstić information content (AvgIpc) is 3.15. The number of rotatable bonds is 10. The largest absolute Gasteiger partial charge is 0.494 e. The van der Waals surface area contributed by atoms with Gasteiger partial charge in [0.05, 0.1) is 25.5 Å². The van der Waals surface area contributed by atoms with Gasteiger partial charge in [-0.25, -0.2) is 9.67 Å². The Labute approximate surface area is 170 Å². The summed E-state index contributed by atoms with van der Waals surface area (Å²) in [5, 5.41) is 13.8. The van der Waals surface area contributed by atoms with Crippen molar-refractivity contribution in [2.75, 3.05) is 20.3 Å². The molecule has 3 aromatic rings. The lowest BCUT2D eigenvalue weighted by Gasteiger charge is -2.09. The van der Waals surface area contributed by atoms with E-state index in [0.29, 0.717) is 42.7 Å². The summed E-state index contributed by atoms with van der Waals surface area (Å²) in [4.78, 5) is 8.93. The highest BCUT2D eigenvalue weighted by Crippen LogP contribution is 2.29. The molecule has 0 fully saturated rings. The van der Waals surface area contributed by atoms with E-state index in [1.165, 1.54) is 0 Å². The first-order chi connectivity index (χ1) is 14.1. The summed E-state index contributed by atoms with van der Waals surface area (Å²) in [5.74, 6) is 3.33. The molecule has 1 N–H and O–H groups in total. The van der Waals surface area contributed by atoms with Gasteiger partial charge >= 0.3 is 0 Å². The molecular formula is C21H26N4O4. The van der Waals surface area contributed by atoms with Crippen LogP contribution >= 0.6 is 0 Å². The Morgan fingerprint density at radius 2 is 1.83 bits per heavy atom. The molecule has 0 saturated heterocycles. The second kappa shape index (κ2) is 9.88. The highest BCUT2D eigenvalue weighted by molar-refractivity contribution is 5.64. The van der Waals surface area contributed by atoms with Gasteiger partial charge in [-0.1, -0.05) is 0 Å². The number of hydrogen-bond acceptors (Lipinski definition) is 7. The maximum atomic E-state index is 9.22. The van der Waals surface area contributed by atoms with E-state index in [4.69, 9.17) is 14.2 Å². The number of methoxy groups -OCH3 is 1. The second-order valence-electron chi connectivity index (χ2n) is 6.37. The Morgan fingerprint density at radius 1 is 1.10 bits per heavy atom. The Bertz CT molecular complexity index is 925. The van der Waals surface area contributed by atoms with Crippen molar-refractivity contribution in [1.29, 1.82) is 0 Å². The van der Waals surface area contributed by atoms with E-state index in [9.17, 15) is 5.11 Å². The summed E-state index contributed by atoms with van der Waals surface area (Å²) in [7, 11) is 1.60. The summed E-state index contributed by atoms with van der Waals surface area (Å²) < 4.78 is 18.5. The lowest BCUT2D eigenvalue weighted by atomic mass is 10.2. The van der Waals surface area contributed by atoms with Crippen LogP contribution in [0, 0.1) is 6.92 Å². The normalized spacial score (nSPS) is 10.8. The highest BCUT2D eigenvalue weighted by atomic mass is 16.5. The maximum Gasteiger partial charge on any atom is 0.188 e. The molecule has 0 radical (unpaired) electrons. The van der Waals surface area contributed by atoms with Crippen LogP contribution in [0.3, 0.4) is 0 Å². The first-order valence-electron chi connectivity index (χ1n) is 9.55. The van der Waals surface area contributed by atoms with E-state index in [0.717, 1.165) is 17.0 Å². The molecule has 0 aliphatic rings. The van der Waals surface area contributed by atoms with E-state index in [1.54, 1.807) is 18.0 Å². The molecule has 0 aliphatic carbocycles. The smallest absolute Gasteiger partial charge is 0.188 e. The van der Waals surface area contributed by atoms with Gasteiger partial charge in [-0.3, -0.25) is 4.98 Å². The van der Waals surface area contributed by atoms with Crippen LogP contribution < -0.4 is 14.2 Å². The molecule has 0 atom stereocenters. The molecule has 154 valence electrons. The Morgan fingerprint density at radius 3 is 2.48 bits per heavy atom. The average molecular weight is 398 g/mol. The zero-order valence-electron chi connectivity index (χ0n) is 17.0. The zero-order chi connectivity index (χ0) is 20.6. The summed E-state index contributed by atoms with van der Waals surface area (Å²) in [6, 6.07) is 9.34. The molecule has 1 aromatic carbocycles. The van der Waals surface area contributed by atoms with Crippen LogP contribution in [0.4, 0.5) is 0 Å². The lowest BCUT2D eigenvalue weighted by Crippen LogP contribution is -2.06. The van der Waals surface area contributed by atoms with E-state index >= 15 is 0 Å². The molecule has 29 heavy (non-hydrogen) atoms. The van der Waals surface area contributed by atoms with Crippen LogP contribution in [-0.2, 0) is 13.2 Å². The van der Waals surface area contributed by atoms with Gasteiger partial charge in [-0.2, -0.15) is 5.10 Å². The van der Waals surface area contributed by atoms with Crippen LogP contribution in [-0.4, -0.2) is 45.2 Å². The van der Waals surface area contributed by atoms with E-state index in [2.05, 4.69) is 15.1 Å². The molecule has 2 aromatic heterocycles. The molecule has 8 nitrogen and oxygen atoms in total. The number of aliphatic hydroxyl groups is 1. The fourth-order valence-corrected chi connectivity index (χ4v) is 2.86. The topological polar surface area (TPSA) is 91.5 Å². The van der Waals surface area contributed by atoms with Crippen molar-refractivity contribution in [2.24, 2.45) is 0 Å². The third-order valence-corrected chi connectivity index (χ3v) is 4.21. The zero-order valence-corrected chi connectivity index (χ0v) is 17.0. The molecule has 0 spiro atoms. The maximum absolute atomic E-state index is 9.22. The number of ether oxygens (including phenoxy) is 3. The lowest BCUT2D eigenvalue weighted by molar-refractivity contribution is 0.275. The van der Waals surface area contributed by atoms with Gasteiger partial charge in [-0.05, 0) is 50.6 Å². The summed E-state index contributed by atoms with van der Waals surface area (Å²) in [6.07, 6.45) is 2.24. The second-order valence-corrected chi connectivity index (χ2v) is 6.37. The van der Waals surface area contributed by atoms with Crippen LogP contribution in [0.25, 0.3) is 11.4 Å². The fraction of sp³-hybridized carbons (Fsp3) is 0.381. The number of pyridine rings is 1. The molecule has 0 aliphatic heterocycles. The Balaban J connectivity index is 1.82. The van der Waals surface area contributed by atoms with Gasteiger partial charge in [-0.15, -0.1) is 0 Å². The van der Waals surface area contributed by atoms with Gasteiger partial charge in [0.25, 0.3) is 0 Å². The van der Waals surface area contributed by atoms with Crippen molar-refractivity contribution in [3.63, 3.8) is 0 Å². The number of aliphatic hydroxyl groups excluding tert-OH is 1. The van der Waals surface area contributed by atoms with Crippen LogP contribution in [0.1, 0.15) is 24.9 Å². The quantitative estimate of drug-likeness (QED) is 0.561. The molecular weight excluding hydrogens is 372 g/mol.